The summed E-state index contributed by atoms with van der Waals surface area (Å²) in [6, 6.07) is 16.3. The molecule has 0 amide bonds. The predicted molar refractivity (Wildman–Crippen MR) is 97.8 cm³/mol. The zero-order valence-corrected chi connectivity index (χ0v) is 14.2. The minimum atomic E-state index is -0.426. The van der Waals surface area contributed by atoms with E-state index >= 15 is 0 Å². The molecule has 2 aliphatic rings. The van der Waals surface area contributed by atoms with Gasteiger partial charge in [0.25, 0.3) is 0 Å². The van der Waals surface area contributed by atoms with Crippen molar-refractivity contribution in [2.45, 2.75) is 44.3 Å². The first-order valence-electron chi connectivity index (χ1n) is 9.00. The van der Waals surface area contributed by atoms with Crippen LogP contribution in [0.1, 0.15) is 47.2 Å². The highest BCUT2D eigenvalue weighted by molar-refractivity contribution is 5.86. The van der Waals surface area contributed by atoms with E-state index in [0.29, 0.717) is 18.4 Å². The number of aldehydes is 1. The molecule has 0 aliphatic carbocycles. The highest BCUT2D eigenvalue weighted by Crippen LogP contribution is 2.38. The van der Waals surface area contributed by atoms with Crippen molar-refractivity contribution in [1.29, 1.82) is 0 Å². The molecule has 1 saturated heterocycles. The number of nitrogens with zero attached hydrogens (tertiary/aromatic N) is 1. The summed E-state index contributed by atoms with van der Waals surface area (Å²) in [6.07, 6.45) is 7.31. The molecule has 0 saturated carbocycles. The highest BCUT2D eigenvalue weighted by atomic mass is 19.1. The molecule has 2 aromatic carbocycles. The van der Waals surface area contributed by atoms with E-state index in [-0.39, 0.29) is 5.56 Å². The number of benzene rings is 2. The van der Waals surface area contributed by atoms with Crippen molar-refractivity contribution < 1.29 is 9.18 Å². The summed E-state index contributed by atoms with van der Waals surface area (Å²) in [5.74, 6) is -0.426. The average Bonchev–Trinajstić information content (AvgIpc) is 2.62. The quantitative estimate of drug-likeness (QED) is 0.745. The van der Waals surface area contributed by atoms with Crippen LogP contribution in [0.25, 0.3) is 5.57 Å². The Hall–Kier alpha value is -2.26. The monoisotopic (exact) mass is 335 g/mol. The zero-order chi connectivity index (χ0) is 17.2. The fourth-order valence-corrected chi connectivity index (χ4v) is 4.29. The standard InChI is InChI=1S/C22H22FNO/c23-22-11-5-10-20(21(22)15-25)17-12-18-8-4-9-19(13-17)24(18)14-16-6-2-1-3-7-16/h1-3,5-7,10-12,15,18-19H,4,8-9,13-14H2. The SMILES string of the molecule is O=Cc1c(F)cccc1C1=CC2CCCC(C1)N2Cc1ccccc1. The molecule has 2 nitrogen and oxygen atoms in total. The van der Waals surface area contributed by atoms with Crippen LogP contribution in [0.2, 0.25) is 0 Å². The van der Waals surface area contributed by atoms with Gasteiger partial charge in [0.1, 0.15) is 5.82 Å². The molecule has 0 aromatic heterocycles. The van der Waals surface area contributed by atoms with Gasteiger partial charge in [0.2, 0.25) is 0 Å². The molecule has 128 valence electrons. The van der Waals surface area contributed by atoms with E-state index in [2.05, 4.69) is 35.2 Å². The van der Waals surface area contributed by atoms with Gasteiger partial charge in [0, 0.05) is 18.6 Å². The molecule has 2 aliphatic heterocycles. The first-order chi connectivity index (χ1) is 12.3. The van der Waals surface area contributed by atoms with Crippen LogP contribution in [0.5, 0.6) is 0 Å². The van der Waals surface area contributed by atoms with Crippen molar-refractivity contribution in [3.8, 4) is 0 Å². The Labute approximate surface area is 148 Å². The van der Waals surface area contributed by atoms with Crippen LogP contribution >= 0.6 is 0 Å². The maximum atomic E-state index is 14.0. The van der Waals surface area contributed by atoms with E-state index in [1.54, 1.807) is 6.07 Å². The molecular weight excluding hydrogens is 313 g/mol. The first kappa shape index (κ1) is 16.2. The molecular formula is C22H22FNO. The van der Waals surface area contributed by atoms with Crippen molar-refractivity contribution in [2.24, 2.45) is 0 Å². The summed E-state index contributed by atoms with van der Waals surface area (Å²) in [6.45, 7) is 0.948. The van der Waals surface area contributed by atoms with Crippen LogP contribution in [-0.4, -0.2) is 23.3 Å². The first-order valence-corrected chi connectivity index (χ1v) is 9.00. The second-order valence-corrected chi connectivity index (χ2v) is 7.02. The number of hydrogen-bond acceptors (Lipinski definition) is 2. The molecule has 25 heavy (non-hydrogen) atoms. The molecule has 2 heterocycles. The Kier molecular flexibility index (Phi) is 4.50. The minimum Gasteiger partial charge on any atom is -0.298 e. The van der Waals surface area contributed by atoms with Gasteiger partial charge in [-0.05, 0) is 42.0 Å². The third kappa shape index (κ3) is 3.16. The number of hydrogen-bond donors (Lipinski definition) is 0. The van der Waals surface area contributed by atoms with E-state index in [1.807, 2.05) is 12.1 Å². The lowest BCUT2D eigenvalue weighted by atomic mass is 9.81. The van der Waals surface area contributed by atoms with Crippen molar-refractivity contribution in [2.75, 3.05) is 0 Å². The van der Waals surface area contributed by atoms with E-state index in [0.717, 1.165) is 36.9 Å². The molecule has 0 radical (unpaired) electrons. The van der Waals surface area contributed by atoms with Crippen molar-refractivity contribution in [3.05, 3.63) is 77.1 Å². The molecule has 2 bridgehead atoms. The van der Waals surface area contributed by atoms with Gasteiger partial charge in [0.15, 0.2) is 6.29 Å². The second kappa shape index (κ2) is 6.93. The molecule has 2 aromatic rings. The van der Waals surface area contributed by atoms with E-state index in [9.17, 15) is 9.18 Å². The maximum Gasteiger partial charge on any atom is 0.153 e. The third-order valence-corrected chi connectivity index (χ3v) is 5.51. The average molecular weight is 335 g/mol. The Morgan fingerprint density at radius 1 is 1.08 bits per heavy atom. The van der Waals surface area contributed by atoms with E-state index in [1.165, 1.54) is 18.1 Å². The minimum absolute atomic E-state index is 0.198. The molecule has 1 fully saturated rings. The largest absolute Gasteiger partial charge is 0.298 e. The zero-order valence-electron chi connectivity index (χ0n) is 14.2. The number of piperidine rings is 1. The van der Waals surface area contributed by atoms with Crippen LogP contribution in [0.4, 0.5) is 4.39 Å². The Morgan fingerprint density at radius 2 is 1.92 bits per heavy atom. The van der Waals surface area contributed by atoms with Crippen LogP contribution in [0.15, 0.2) is 54.6 Å². The lowest BCUT2D eigenvalue weighted by molar-refractivity contribution is 0.0950. The number of halogens is 1. The van der Waals surface area contributed by atoms with Gasteiger partial charge < -0.3 is 0 Å². The lowest BCUT2D eigenvalue weighted by Crippen LogP contribution is -2.47. The Morgan fingerprint density at radius 3 is 2.68 bits per heavy atom. The fourth-order valence-electron chi connectivity index (χ4n) is 4.29. The van der Waals surface area contributed by atoms with Gasteiger partial charge in [0.05, 0.1) is 5.56 Å². The van der Waals surface area contributed by atoms with Gasteiger partial charge in [-0.15, -0.1) is 0 Å². The normalized spacial score (nSPS) is 23.2. The van der Waals surface area contributed by atoms with Crippen molar-refractivity contribution in [1.82, 2.24) is 4.90 Å². The van der Waals surface area contributed by atoms with Crippen LogP contribution in [0.3, 0.4) is 0 Å². The maximum absolute atomic E-state index is 14.0. The van der Waals surface area contributed by atoms with E-state index in [4.69, 9.17) is 0 Å². The number of fused-ring (bicyclic) bond motifs is 2. The van der Waals surface area contributed by atoms with Gasteiger partial charge in [-0.25, -0.2) is 4.39 Å². The van der Waals surface area contributed by atoms with Gasteiger partial charge in [-0.3, -0.25) is 9.69 Å². The Balaban J connectivity index is 1.66. The van der Waals surface area contributed by atoms with Gasteiger partial charge in [-0.1, -0.05) is 55.0 Å². The lowest BCUT2D eigenvalue weighted by Gasteiger charge is -2.45. The highest BCUT2D eigenvalue weighted by Gasteiger charge is 2.34. The van der Waals surface area contributed by atoms with Crippen molar-refractivity contribution in [3.63, 3.8) is 0 Å². The molecule has 2 unspecified atom stereocenters. The number of carbonyl (C=O) groups excluding carboxylic acids is 1. The summed E-state index contributed by atoms with van der Waals surface area (Å²) in [4.78, 5) is 13.9. The third-order valence-electron chi connectivity index (χ3n) is 5.51. The molecule has 0 spiro atoms. The predicted octanol–water partition coefficient (Wildman–Crippen LogP) is 4.85. The Bertz CT molecular complexity index is 799. The summed E-state index contributed by atoms with van der Waals surface area (Å²) in [7, 11) is 0. The molecule has 4 rings (SSSR count). The summed E-state index contributed by atoms with van der Waals surface area (Å²) in [5, 5.41) is 0. The molecule has 3 heteroatoms. The summed E-state index contributed by atoms with van der Waals surface area (Å²) >= 11 is 0. The van der Waals surface area contributed by atoms with Crippen LogP contribution < -0.4 is 0 Å². The topological polar surface area (TPSA) is 20.3 Å². The summed E-state index contributed by atoms with van der Waals surface area (Å²) < 4.78 is 14.0. The van der Waals surface area contributed by atoms with Crippen molar-refractivity contribution >= 4 is 11.9 Å². The smallest absolute Gasteiger partial charge is 0.153 e. The second-order valence-electron chi connectivity index (χ2n) is 7.02. The summed E-state index contributed by atoms with van der Waals surface area (Å²) in [5.41, 5.74) is 3.42. The van der Waals surface area contributed by atoms with Crippen LogP contribution in [0, 0.1) is 5.82 Å². The van der Waals surface area contributed by atoms with E-state index < -0.39 is 5.82 Å². The van der Waals surface area contributed by atoms with Gasteiger partial charge >= 0.3 is 0 Å². The number of rotatable bonds is 4. The van der Waals surface area contributed by atoms with Gasteiger partial charge in [-0.2, -0.15) is 0 Å². The van der Waals surface area contributed by atoms with Crippen LogP contribution in [-0.2, 0) is 6.54 Å². The number of carbonyl (C=O) groups is 1. The molecule has 2 atom stereocenters. The molecule has 0 N–H and O–H groups in total. The fraction of sp³-hybridized carbons (Fsp3) is 0.318.